The van der Waals surface area contributed by atoms with Gasteiger partial charge >= 0.3 is 0 Å². The number of hydrogen-bond acceptors (Lipinski definition) is 4. The molecule has 0 amide bonds. The third-order valence-electron chi connectivity index (χ3n) is 3.61. The SMILES string of the molecule is O=S1(=O)CCC(CNc2ccnc3cc(F)ccc23)C1. The van der Waals surface area contributed by atoms with E-state index in [1.165, 1.54) is 12.1 Å². The van der Waals surface area contributed by atoms with Gasteiger partial charge in [0.15, 0.2) is 9.84 Å². The largest absolute Gasteiger partial charge is 0.384 e. The highest BCUT2D eigenvalue weighted by Crippen LogP contribution is 2.24. The maximum Gasteiger partial charge on any atom is 0.150 e. The normalized spacial score (nSPS) is 21.1. The van der Waals surface area contributed by atoms with Crippen molar-refractivity contribution in [2.75, 3.05) is 23.4 Å². The minimum Gasteiger partial charge on any atom is -0.384 e. The summed E-state index contributed by atoms with van der Waals surface area (Å²) < 4.78 is 36.0. The van der Waals surface area contributed by atoms with Gasteiger partial charge < -0.3 is 5.32 Å². The summed E-state index contributed by atoms with van der Waals surface area (Å²) in [5.41, 5.74) is 1.45. The van der Waals surface area contributed by atoms with Crippen LogP contribution in [0.3, 0.4) is 0 Å². The lowest BCUT2D eigenvalue weighted by atomic mass is 10.1. The first-order valence-electron chi connectivity index (χ1n) is 6.52. The standard InChI is InChI=1S/C14H15FN2O2S/c15-11-1-2-12-13(3-5-16-14(12)7-11)17-8-10-4-6-20(18,19)9-10/h1-3,5,7,10H,4,6,8-9H2,(H,16,17). The maximum atomic E-state index is 13.2. The Bertz CT molecular complexity index is 746. The van der Waals surface area contributed by atoms with Gasteiger partial charge in [-0.05, 0) is 30.5 Å². The predicted octanol–water partition coefficient (Wildman–Crippen LogP) is 2.22. The minimum atomic E-state index is -2.85. The van der Waals surface area contributed by atoms with Crippen LogP contribution in [0.5, 0.6) is 0 Å². The molecule has 0 spiro atoms. The minimum absolute atomic E-state index is 0.142. The Morgan fingerprint density at radius 1 is 1.35 bits per heavy atom. The molecule has 1 atom stereocenters. The highest BCUT2D eigenvalue weighted by molar-refractivity contribution is 7.91. The van der Waals surface area contributed by atoms with Crippen molar-refractivity contribution in [3.05, 3.63) is 36.3 Å². The molecule has 3 rings (SSSR count). The van der Waals surface area contributed by atoms with Gasteiger partial charge in [-0.25, -0.2) is 12.8 Å². The molecule has 1 N–H and O–H groups in total. The summed E-state index contributed by atoms with van der Waals surface area (Å²) >= 11 is 0. The molecular weight excluding hydrogens is 279 g/mol. The Hall–Kier alpha value is -1.69. The third-order valence-corrected chi connectivity index (χ3v) is 5.45. The molecule has 106 valence electrons. The number of fused-ring (bicyclic) bond motifs is 1. The van der Waals surface area contributed by atoms with Crippen molar-refractivity contribution in [1.82, 2.24) is 4.98 Å². The van der Waals surface area contributed by atoms with Gasteiger partial charge in [0.2, 0.25) is 0 Å². The Morgan fingerprint density at radius 3 is 2.95 bits per heavy atom. The highest BCUT2D eigenvalue weighted by atomic mass is 32.2. The summed E-state index contributed by atoms with van der Waals surface area (Å²) in [6.07, 6.45) is 2.32. The van der Waals surface area contributed by atoms with Crippen LogP contribution in [0, 0.1) is 11.7 Å². The smallest absolute Gasteiger partial charge is 0.150 e. The molecule has 1 unspecified atom stereocenters. The zero-order chi connectivity index (χ0) is 14.2. The Balaban J connectivity index is 1.78. The first-order chi connectivity index (χ1) is 9.53. The first-order valence-corrected chi connectivity index (χ1v) is 8.34. The third kappa shape index (κ3) is 2.75. The number of aromatic nitrogens is 1. The van der Waals surface area contributed by atoms with Gasteiger partial charge in [0.25, 0.3) is 0 Å². The van der Waals surface area contributed by atoms with Crippen molar-refractivity contribution < 1.29 is 12.8 Å². The van der Waals surface area contributed by atoms with Crippen LogP contribution in [0.2, 0.25) is 0 Å². The number of nitrogens with one attached hydrogen (secondary N) is 1. The van der Waals surface area contributed by atoms with E-state index in [2.05, 4.69) is 10.3 Å². The van der Waals surface area contributed by atoms with Crippen molar-refractivity contribution in [3.63, 3.8) is 0 Å². The lowest BCUT2D eigenvalue weighted by Gasteiger charge is -2.12. The van der Waals surface area contributed by atoms with E-state index in [4.69, 9.17) is 0 Å². The number of sulfone groups is 1. The second-order valence-electron chi connectivity index (χ2n) is 5.17. The Kier molecular flexibility index (Phi) is 3.33. The second-order valence-corrected chi connectivity index (χ2v) is 7.40. The topological polar surface area (TPSA) is 59.1 Å². The van der Waals surface area contributed by atoms with E-state index in [1.54, 1.807) is 12.3 Å². The van der Waals surface area contributed by atoms with Crippen LogP contribution in [-0.4, -0.2) is 31.5 Å². The van der Waals surface area contributed by atoms with Gasteiger partial charge in [-0.2, -0.15) is 0 Å². The first kappa shape index (κ1) is 13.3. The molecule has 1 fully saturated rings. The number of benzene rings is 1. The molecule has 1 aliphatic rings. The van der Waals surface area contributed by atoms with Gasteiger partial charge in [0.05, 0.1) is 17.0 Å². The zero-order valence-electron chi connectivity index (χ0n) is 10.8. The van der Waals surface area contributed by atoms with E-state index >= 15 is 0 Å². The Labute approximate surface area is 116 Å². The highest BCUT2D eigenvalue weighted by Gasteiger charge is 2.27. The van der Waals surface area contributed by atoms with Crippen molar-refractivity contribution in [3.8, 4) is 0 Å². The quantitative estimate of drug-likeness (QED) is 0.943. The van der Waals surface area contributed by atoms with Crippen molar-refractivity contribution >= 4 is 26.4 Å². The lowest BCUT2D eigenvalue weighted by molar-refractivity contribution is 0.596. The number of hydrogen-bond donors (Lipinski definition) is 1. The van der Waals surface area contributed by atoms with Gasteiger partial charge in [-0.1, -0.05) is 0 Å². The van der Waals surface area contributed by atoms with E-state index < -0.39 is 9.84 Å². The van der Waals surface area contributed by atoms with Gasteiger partial charge in [0.1, 0.15) is 5.82 Å². The van der Waals surface area contributed by atoms with Crippen LogP contribution in [0.1, 0.15) is 6.42 Å². The van der Waals surface area contributed by atoms with Gasteiger partial charge in [-0.3, -0.25) is 4.98 Å². The molecule has 2 aromatic rings. The molecule has 1 aliphatic heterocycles. The van der Waals surface area contributed by atoms with Gasteiger partial charge in [-0.15, -0.1) is 0 Å². The summed E-state index contributed by atoms with van der Waals surface area (Å²) in [6.45, 7) is 0.607. The van der Waals surface area contributed by atoms with Crippen LogP contribution < -0.4 is 5.32 Å². The fourth-order valence-electron chi connectivity index (χ4n) is 2.56. The monoisotopic (exact) mass is 294 g/mol. The van der Waals surface area contributed by atoms with Crippen molar-refractivity contribution in [1.29, 1.82) is 0 Å². The fraction of sp³-hybridized carbons (Fsp3) is 0.357. The van der Waals surface area contributed by atoms with E-state index in [-0.39, 0.29) is 23.2 Å². The predicted molar refractivity (Wildman–Crippen MR) is 77.0 cm³/mol. The molecular formula is C14H15FN2O2S. The number of anilines is 1. The molecule has 0 saturated carbocycles. The molecule has 4 nitrogen and oxygen atoms in total. The summed E-state index contributed by atoms with van der Waals surface area (Å²) in [7, 11) is -2.85. The summed E-state index contributed by atoms with van der Waals surface area (Å²) in [6, 6.07) is 6.30. The van der Waals surface area contributed by atoms with E-state index in [1.807, 2.05) is 6.07 Å². The molecule has 1 saturated heterocycles. The Morgan fingerprint density at radius 2 is 2.20 bits per heavy atom. The van der Waals surface area contributed by atoms with E-state index in [0.29, 0.717) is 18.5 Å². The summed E-state index contributed by atoms with van der Waals surface area (Å²) in [5.74, 6) is 0.354. The fourth-order valence-corrected chi connectivity index (χ4v) is 4.42. The number of halogens is 1. The van der Waals surface area contributed by atoms with E-state index in [0.717, 1.165) is 11.1 Å². The average molecular weight is 294 g/mol. The molecule has 0 aliphatic carbocycles. The second kappa shape index (κ2) is 5.01. The lowest BCUT2D eigenvalue weighted by Crippen LogP contribution is -2.15. The van der Waals surface area contributed by atoms with Gasteiger partial charge in [0, 0.05) is 29.9 Å². The molecule has 0 radical (unpaired) electrons. The number of pyridine rings is 1. The molecule has 2 heterocycles. The van der Waals surface area contributed by atoms with E-state index in [9.17, 15) is 12.8 Å². The average Bonchev–Trinajstić information content (AvgIpc) is 2.75. The van der Waals surface area contributed by atoms with Crippen molar-refractivity contribution in [2.45, 2.75) is 6.42 Å². The summed E-state index contributed by atoms with van der Waals surface area (Å²) in [4.78, 5) is 4.13. The molecule has 0 bridgehead atoms. The van der Waals surface area contributed by atoms with Crippen LogP contribution >= 0.6 is 0 Å². The zero-order valence-corrected chi connectivity index (χ0v) is 11.7. The number of rotatable bonds is 3. The molecule has 1 aromatic heterocycles. The maximum absolute atomic E-state index is 13.2. The van der Waals surface area contributed by atoms with Crippen molar-refractivity contribution in [2.24, 2.45) is 5.92 Å². The molecule has 20 heavy (non-hydrogen) atoms. The molecule has 6 heteroatoms. The van der Waals surface area contributed by atoms with Crippen LogP contribution in [0.15, 0.2) is 30.5 Å². The van der Waals surface area contributed by atoms with Crippen LogP contribution in [0.25, 0.3) is 10.9 Å². The van der Waals surface area contributed by atoms with Crippen LogP contribution in [0.4, 0.5) is 10.1 Å². The number of nitrogens with zero attached hydrogens (tertiary/aromatic N) is 1. The molecule has 1 aromatic carbocycles. The summed E-state index contributed by atoms with van der Waals surface area (Å²) in [5, 5.41) is 4.10. The van der Waals surface area contributed by atoms with Crippen LogP contribution in [-0.2, 0) is 9.84 Å².